The summed E-state index contributed by atoms with van der Waals surface area (Å²) in [5.41, 5.74) is 11.1. The van der Waals surface area contributed by atoms with Crippen LogP contribution in [0, 0.1) is 0 Å². The Labute approximate surface area is 72.9 Å². The largest absolute Gasteiger partial charge is 0.329 e. The molecule has 72 valence electrons. The van der Waals surface area contributed by atoms with Gasteiger partial charge in [-0.15, -0.1) is 0 Å². The lowest BCUT2D eigenvalue weighted by molar-refractivity contribution is 0.236. The number of nitrogens with zero attached hydrogens (tertiary/aromatic N) is 1. The molecule has 3 atom stereocenters. The lowest BCUT2D eigenvalue weighted by atomic mass is 10.2. The minimum absolute atomic E-state index is 0.101. The number of likely N-dealkylation sites (tertiary alicyclic amines) is 1. The summed E-state index contributed by atoms with van der Waals surface area (Å²) in [5.74, 6) is 0. The van der Waals surface area contributed by atoms with Gasteiger partial charge in [0.05, 0.1) is 0 Å². The van der Waals surface area contributed by atoms with Crippen LogP contribution in [0.1, 0.15) is 13.3 Å². The molecule has 1 saturated heterocycles. The standard InChI is InChI=1S/C8H18FN3/c1-6(11)4-12-5-7(9)2-8(12)3-10/h6-8H,2-5,10-11H2,1H3/t6?,7-,8+/m1/s1. The second kappa shape index (κ2) is 4.16. The third-order valence-electron chi connectivity index (χ3n) is 2.27. The highest BCUT2D eigenvalue weighted by atomic mass is 19.1. The topological polar surface area (TPSA) is 55.3 Å². The van der Waals surface area contributed by atoms with E-state index < -0.39 is 6.17 Å². The SMILES string of the molecule is CC(N)CN1C[C@H](F)C[C@H]1CN. The van der Waals surface area contributed by atoms with Crippen molar-refractivity contribution in [1.82, 2.24) is 4.90 Å². The lowest BCUT2D eigenvalue weighted by Crippen LogP contribution is -2.42. The molecule has 0 saturated carbocycles. The molecule has 1 rings (SSSR count). The molecule has 0 aromatic carbocycles. The van der Waals surface area contributed by atoms with Crippen molar-refractivity contribution in [3.8, 4) is 0 Å². The molecule has 0 spiro atoms. The van der Waals surface area contributed by atoms with Gasteiger partial charge in [-0.05, 0) is 13.3 Å². The molecule has 1 fully saturated rings. The average molecular weight is 175 g/mol. The predicted molar refractivity (Wildman–Crippen MR) is 47.6 cm³/mol. The minimum atomic E-state index is -0.711. The van der Waals surface area contributed by atoms with Gasteiger partial charge in [-0.3, -0.25) is 4.90 Å². The summed E-state index contributed by atoms with van der Waals surface area (Å²) < 4.78 is 12.9. The van der Waals surface area contributed by atoms with E-state index in [4.69, 9.17) is 11.5 Å². The Hall–Kier alpha value is -0.190. The maximum absolute atomic E-state index is 12.9. The molecule has 0 aromatic heterocycles. The molecule has 1 aliphatic heterocycles. The highest BCUT2D eigenvalue weighted by molar-refractivity contribution is 4.86. The normalized spacial score (nSPS) is 34.0. The van der Waals surface area contributed by atoms with Gasteiger partial charge in [-0.25, -0.2) is 4.39 Å². The average Bonchev–Trinajstić information content (AvgIpc) is 2.29. The molecule has 0 bridgehead atoms. The van der Waals surface area contributed by atoms with Gasteiger partial charge in [-0.2, -0.15) is 0 Å². The number of hydrogen-bond acceptors (Lipinski definition) is 3. The van der Waals surface area contributed by atoms with Crippen molar-refractivity contribution in [2.45, 2.75) is 31.6 Å². The van der Waals surface area contributed by atoms with Crippen LogP contribution >= 0.6 is 0 Å². The van der Waals surface area contributed by atoms with E-state index in [1.165, 1.54) is 0 Å². The van der Waals surface area contributed by atoms with Gasteiger partial charge in [0, 0.05) is 31.7 Å². The summed E-state index contributed by atoms with van der Waals surface area (Å²) in [6.07, 6.45) is -0.138. The zero-order chi connectivity index (χ0) is 9.14. The first-order valence-corrected chi connectivity index (χ1v) is 4.47. The fraction of sp³-hybridized carbons (Fsp3) is 1.00. The molecule has 4 N–H and O–H groups in total. The van der Waals surface area contributed by atoms with E-state index in [2.05, 4.69) is 4.90 Å². The molecule has 3 nitrogen and oxygen atoms in total. The van der Waals surface area contributed by atoms with Crippen molar-refractivity contribution in [1.29, 1.82) is 0 Å². The smallest absolute Gasteiger partial charge is 0.114 e. The van der Waals surface area contributed by atoms with Gasteiger partial charge < -0.3 is 11.5 Å². The number of alkyl halides is 1. The van der Waals surface area contributed by atoms with E-state index in [0.29, 0.717) is 19.5 Å². The van der Waals surface area contributed by atoms with Crippen LogP contribution in [0.3, 0.4) is 0 Å². The Morgan fingerprint density at radius 2 is 2.33 bits per heavy atom. The number of halogens is 1. The van der Waals surface area contributed by atoms with Gasteiger partial charge >= 0.3 is 0 Å². The Morgan fingerprint density at radius 3 is 2.83 bits per heavy atom. The van der Waals surface area contributed by atoms with E-state index in [1.54, 1.807) is 0 Å². The van der Waals surface area contributed by atoms with Crippen LogP contribution in [0.25, 0.3) is 0 Å². The fourth-order valence-corrected chi connectivity index (χ4v) is 1.76. The van der Waals surface area contributed by atoms with Gasteiger partial charge in [-0.1, -0.05) is 0 Å². The predicted octanol–water partition coefficient (Wildman–Crippen LogP) is -0.295. The van der Waals surface area contributed by atoms with Crippen molar-refractivity contribution < 1.29 is 4.39 Å². The molecule has 0 aliphatic carbocycles. The lowest BCUT2D eigenvalue weighted by Gasteiger charge is -2.24. The summed E-state index contributed by atoms with van der Waals surface area (Å²) in [7, 11) is 0. The molecule has 4 heteroatoms. The number of hydrogen-bond donors (Lipinski definition) is 2. The molecular formula is C8H18FN3. The summed E-state index contributed by atoms with van der Waals surface area (Å²) >= 11 is 0. The maximum atomic E-state index is 12.9. The molecule has 0 radical (unpaired) electrons. The van der Waals surface area contributed by atoms with Crippen LogP contribution in [-0.4, -0.2) is 42.8 Å². The zero-order valence-electron chi connectivity index (χ0n) is 7.54. The molecule has 0 aromatic rings. The first-order chi connectivity index (χ1) is 5.63. The van der Waals surface area contributed by atoms with E-state index in [9.17, 15) is 4.39 Å². The first-order valence-electron chi connectivity index (χ1n) is 4.47. The minimum Gasteiger partial charge on any atom is -0.329 e. The van der Waals surface area contributed by atoms with Gasteiger partial charge in [0.2, 0.25) is 0 Å². The Bertz CT molecular complexity index is 140. The second-order valence-corrected chi connectivity index (χ2v) is 3.65. The van der Waals surface area contributed by atoms with Crippen LogP contribution in [0.4, 0.5) is 4.39 Å². The Morgan fingerprint density at radius 1 is 1.67 bits per heavy atom. The highest BCUT2D eigenvalue weighted by Crippen LogP contribution is 2.19. The molecule has 1 unspecified atom stereocenters. The molecule has 1 aliphatic rings. The Balaban J connectivity index is 2.40. The molecule has 1 heterocycles. The van der Waals surface area contributed by atoms with Crippen molar-refractivity contribution in [2.24, 2.45) is 11.5 Å². The third-order valence-corrected chi connectivity index (χ3v) is 2.27. The maximum Gasteiger partial charge on any atom is 0.114 e. The van der Waals surface area contributed by atoms with E-state index in [0.717, 1.165) is 6.54 Å². The fourth-order valence-electron chi connectivity index (χ4n) is 1.76. The van der Waals surface area contributed by atoms with Gasteiger partial charge in [0.25, 0.3) is 0 Å². The van der Waals surface area contributed by atoms with Crippen LogP contribution in [0.2, 0.25) is 0 Å². The van der Waals surface area contributed by atoms with Crippen molar-refractivity contribution in [3.05, 3.63) is 0 Å². The summed E-state index contributed by atoms with van der Waals surface area (Å²) in [4.78, 5) is 2.05. The number of rotatable bonds is 3. The molecular weight excluding hydrogens is 157 g/mol. The van der Waals surface area contributed by atoms with Crippen molar-refractivity contribution in [2.75, 3.05) is 19.6 Å². The van der Waals surface area contributed by atoms with Crippen molar-refractivity contribution in [3.63, 3.8) is 0 Å². The third kappa shape index (κ3) is 2.40. The second-order valence-electron chi connectivity index (χ2n) is 3.65. The summed E-state index contributed by atoms with van der Waals surface area (Å²) in [6, 6.07) is 0.301. The number of nitrogens with two attached hydrogens (primary N) is 2. The monoisotopic (exact) mass is 175 g/mol. The van der Waals surface area contributed by atoms with Crippen LogP contribution < -0.4 is 11.5 Å². The quantitative estimate of drug-likeness (QED) is 0.619. The van der Waals surface area contributed by atoms with E-state index in [-0.39, 0.29) is 12.1 Å². The van der Waals surface area contributed by atoms with Crippen LogP contribution in [0.5, 0.6) is 0 Å². The summed E-state index contributed by atoms with van der Waals surface area (Å²) in [5, 5.41) is 0. The molecule has 0 amide bonds. The van der Waals surface area contributed by atoms with Crippen molar-refractivity contribution >= 4 is 0 Å². The van der Waals surface area contributed by atoms with Crippen LogP contribution in [0.15, 0.2) is 0 Å². The van der Waals surface area contributed by atoms with Gasteiger partial charge in [0.15, 0.2) is 0 Å². The van der Waals surface area contributed by atoms with Crippen LogP contribution in [-0.2, 0) is 0 Å². The highest BCUT2D eigenvalue weighted by Gasteiger charge is 2.30. The first kappa shape index (κ1) is 9.89. The Kier molecular flexibility index (Phi) is 3.43. The molecule has 12 heavy (non-hydrogen) atoms. The van der Waals surface area contributed by atoms with Gasteiger partial charge in [0.1, 0.15) is 6.17 Å². The van der Waals surface area contributed by atoms with E-state index in [1.807, 2.05) is 6.92 Å². The zero-order valence-corrected chi connectivity index (χ0v) is 7.54. The van der Waals surface area contributed by atoms with E-state index >= 15 is 0 Å². The summed E-state index contributed by atoms with van der Waals surface area (Å²) in [6.45, 7) is 3.72.